The van der Waals surface area contributed by atoms with Gasteiger partial charge in [0.25, 0.3) is 0 Å². The van der Waals surface area contributed by atoms with E-state index in [1.54, 1.807) is 10.7 Å². The Labute approximate surface area is 121 Å². The predicted octanol–water partition coefficient (Wildman–Crippen LogP) is 2.51. The summed E-state index contributed by atoms with van der Waals surface area (Å²) in [5, 5.41) is 8.11. The van der Waals surface area contributed by atoms with Crippen LogP contribution in [0, 0.1) is 12.7 Å². The fourth-order valence-electron chi connectivity index (χ4n) is 2.56. The van der Waals surface area contributed by atoms with Gasteiger partial charge in [-0.1, -0.05) is 0 Å². The maximum Gasteiger partial charge on any atom is 0.138 e. The monoisotopic (exact) mass is 288 g/mol. The molecule has 3 aromatic rings. The van der Waals surface area contributed by atoms with E-state index in [9.17, 15) is 4.39 Å². The fraction of sp³-hybridized carbons (Fsp3) is 0.333. The Morgan fingerprint density at radius 1 is 1.43 bits per heavy atom. The summed E-state index contributed by atoms with van der Waals surface area (Å²) in [7, 11) is 3.73. The second-order valence-corrected chi connectivity index (χ2v) is 5.08. The van der Waals surface area contributed by atoms with Crippen LogP contribution in [0.3, 0.4) is 0 Å². The summed E-state index contributed by atoms with van der Waals surface area (Å²) < 4.78 is 21.0. The molecule has 5 nitrogen and oxygen atoms in total. The standard InChI is InChI=1S/C15H17FN4O/c1-9-11-6-10(16)4-5-13(11)21-15(9)12(17-2)7-14-18-8-19-20(14)3/h4-6,8,12,17H,7H2,1-3H3. The first-order valence-corrected chi connectivity index (χ1v) is 6.79. The predicted molar refractivity (Wildman–Crippen MR) is 77.4 cm³/mol. The van der Waals surface area contributed by atoms with Gasteiger partial charge < -0.3 is 9.73 Å². The lowest BCUT2D eigenvalue weighted by Gasteiger charge is -2.14. The van der Waals surface area contributed by atoms with Crippen molar-refractivity contribution >= 4 is 11.0 Å². The van der Waals surface area contributed by atoms with Gasteiger partial charge in [-0.3, -0.25) is 4.68 Å². The molecular weight excluding hydrogens is 271 g/mol. The molecule has 0 radical (unpaired) electrons. The highest BCUT2D eigenvalue weighted by Gasteiger charge is 2.21. The number of furan rings is 1. The quantitative estimate of drug-likeness (QED) is 0.801. The van der Waals surface area contributed by atoms with Gasteiger partial charge in [0.15, 0.2) is 0 Å². The average molecular weight is 288 g/mol. The van der Waals surface area contributed by atoms with Gasteiger partial charge in [-0.05, 0) is 32.2 Å². The van der Waals surface area contributed by atoms with Crippen LogP contribution in [0.4, 0.5) is 4.39 Å². The first-order valence-electron chi connectivity index (χ1n) is 6.79. The van der Waals surface area contributed by atoms with E-state index in [4.69, 9.17) is 4.42 Å². The van der Waals surface area contributed by atoms with Crippen molar-refractivity contribution in [2.75, 3.05) is 7.05 Å². The molecule has 0 spiro atoms. The molecule has 0 amide bonds. The molecule has 0 aliphatic heterocycles. The fourth-order valence-corrected chi connectivity index (χ4v) is 2.56. The van der Waals surface area contributed by atoms with Gasteiger partial charge >= 0.3 is 0 Å². The zero-order valence-electron chi connectivity index (χ0n) is 12.2. The average Bonchev–Trinajstić information content (AvgIpc) is 3.01. The highest BCUT2D eigenvalue weighted by atomic mass is 19.1. The third-order valence-corrected chi connectivity index (χ3v) is 3.79. The molecule has 1 aromatic carbocycles. The number of hydrogen-bond acceptors (Lipinski definition) is 4. The Morgan fingerprint density at radius 3 is 2.90 bits per heavy atom. The second kappa shape index (κ2) is 5.29. The Morgan fingerprint density at radius 2 is 2.24 bits per heavy atom. The first kappa shape index (κ1) is 13.8. The van der Waals surface area contributed by atoms with Crippen molar-refractivity contribution in [1.82, 2.24) is 20.1 Å². The Bertz CT molecular complexity index is 777. The Hall–Kier alpha value is -2.21. The lowest BCUT2D eigenvalue weighted by Crippen LogP contribution is -2.20. The molecule has 0 aliphatic carbocycles. The summed E-state index contributed by atoms with van der Waals surface area (Å²) in [4.78, 5) is 4.24. The molecule has 0 aliphatic rings. The number of aromatic nitrogens is 3. The van der Waals surface area contributed by atoms with Crippen LogP contribution in [0.5, 0.6) is 0 Å². The van der Waals surface area contributed by atoms with E-state index < -0.39 is 0 Å². The van der Waals surface area contributed by atoms with Crippen LogP contribution in [-0.4, -0.2) is 21.8 Å². The molecule has 2 heterocycles. The summed E-state index contributed by atoms with van der Waals surface area (Å²) in [5.74, 6) is 1.41. The molecule has 0 saturated heterocycles. The molecule has 0 fully saturated rings. The van der Waals surface area contributed by atoms with Crippen molar-refractivity contribution in [3.05, 3.63) is 47.5 Å². The zero-order chi connectivity index (χ0) is 15.0. The zero-order valence-corrected chi connectivity index (χ0v) is 12.2. The van der Waals surface area contributed by atoms with Crippen LogP contribution in [0.25, 0.3) is 11.0 Å². The van der Waals surface area contributed by atoms with Gasteiger partial charge in [-0.15, -0.1) is 0 Å². The Balaban J connectivity index is 2.01. The van der Waals surface area contributed by atoms with E-state index in [1.165, 1.54) is 18.5 Å². The molecule has 0 bridgehead atoms. The molecule has 3 rings (SSSR count). The number of nitrogens with one attached hydrogen (secondary N) is 1. The lowest BCUT2D eigenvalue weighted by atomic mass is 10.1. The number of fused-ring (bicyclic) bond motifs is 1. The van der Waals surface area contributed by atoms with Crippen LogP contribution < -0.4 is 5.32 Å². The van der Waals surface area contributed by atoms with Gasteiger partial charge in [-0.2, -0.15) is 5.10 Å². The van der Waals surface area contributed by atoms with Crippen LogP contribution >= 0.6 is 0 Å². The van der Waals surface area contributed by atoms with Crippen LogP contribution in [-0.2, 0) is 13.5 Å². The first-order chi connectivity index (χ1) is 10.1. The summed E-state index contributed by atoms with van der Waals surface area (Å²) in [6.45, 7) is 1.95. The van der Waals surface area contributed by atoms with Gasteiger partial charge in [0.1, 0.15) is 29.3 Å². The van der Waals surface area contributed by atoms with Gasteiger partial charge in [0, 0.05) is 24.4 Å². The van der Waals surface area contributed by atoms with Crippen molar-refractivity contribution < 1.29 is 8.81 Å². The lowest BCUT2D eigenvalue weighted by molar-refractivity contribution is 0.437. The van der Waals surface area contributed by atoms with E-state index in [2.05, 4.69) is 15.4 Å². The molecule has 110 valence electrons. The minimum absolute atomic E-state index is 0.0386. The number of rotatable bonds is 4. The molecule has 0 saturated carbocycles. The molecular formula is C15H17FN4O. The van der Waals surface area contributed by atoms with Crippen LogP contribution in [0.2, 0.25) is 0 Å². The topological polar surface area (TPSA) is 55.9 Å². The number of likely N-dealkylation sites (N-methyl/N-ethyl adjacent to an activating group) is 1. The van der Waals surface area contributed by atoms with E-state index >= 15 is 0 Å². The van der Waals surface area contributed by atoms with Gasteiger partial charge in [0.2, 0.25) is 0 Å². The largest absolute Gasteiger partial charge is 0.459 e. The number of aryl methyl sites for hydroxylation is 2. The smallest absolute Gasteiger partial charge is 0.138 e. The van der Waals surface area contributed by atoms with Crippen molar-refractivity contribution in [2.45, 2.75) is 19.4 Å². The number of benzene rings is 1. The van der Waals surface area contributed by atoms with Gasteiger partial charge in [-0.25, -0.2) is 9.37 Å². The van der Waals surface area contributed by atoms with Crippen LogP contribution in [0.15, 0.2) is 28.9 Å². The highest BCUT2D eigenvalue weighted by molar-refractivity contribution is 5.82. The van der Waals surface area contributed by atoms with Crippen LogP contribution in [0.1, 0.15) is 23.2 Å². The third-order valence-electron chi connectivity index (χ3n) is 3.79. The molecule has 1 unspecified atom stereocenters. The number of hydrogen-bond donors (Lipinski definition) is 1. The van der Waals surface area contributed by atoms with E-state index in [1.807, 2.05) is 21.0 Å². The highest BCUT2D eigenvalue weighted by Crippen LogP contribution is 2.31. The van der Waals surface area contributed by atoms with E-state index in [0.717, 1.165) is 22.5 Å². The van der Waals surface area contributed by atoms with E-state index in [0.29, 0.717) is 12.0 Å². The normalized spacial score (nSPS) is 13.0. The molecule has 6 heteroatoms. The van der Waals surface area contributed by atoms with E-state index in [-0.39, 0.29) is 11.9 Å². The summed E-state index contributed by atoms with van der Waals surface area (Å²) in [5.41, 5.74) is 1.65. The maximum atomic E-state index is 13.4. The SMILES string of the molecule is CNC(Cc1ncnn1C)c1oc2ccc(F)cc2c1C. The second-order valence-electron chi connectivity index (χ2n) is 5.08. The summed E-state index contributed by atoms with van der Waals surface area (Å²) >= 11 is 0. The number of nitrogens with zero attached hydrogens (tertiary/aromatic N) is 3. The Kier molecular flexibility index (Phi) is 3.47. The van der Waals surface area contributed by atoms with Crippen molar-refractivity contribution in [3.63, 3.8) is 0 Å². The molecule has 1 N–H and O–H groups in total. The minimum atomic E-state index is -0.257. The maximum absolute atomic E-state index is 13.4. The van der Waals surface area contributed by atoms with Crippen molar-refractivity contribution in [3.8, 4) is 0 Å². The van der Waals surface area contributed by atoms with Gasteiger partial charge in [0.05, 0.1) is 6.04 Å². The number of halogens is 1. The summed E-state index contributed by atoms with van der Waals surface area (Å²) in [6.07, 6.45) is 2.18. The summed E-state index contributed by atoms with van der Waals surface area (Å²) in [6, 6.07) is 4.54. The van der Waals surface area contributed by atoms with Crippen molar-refractivity contribution in [1.29, 1.82) is 0 Å². The molecule has 21 heavy (non-hydrogen) atoms. The van der Waals surface area contributed by atoms with Crippen molar-refractivity contribution in [2.24, 2.45) is 7.05 Å². The molecule has 2 aromatic heterocycles. The molecule has 1 atom stereocenters. The third kappa shape index (κ3) is 2.42. The minimum Gasteiger partial charge on any atom is -0.459 e.